The van der Waals surface area contributed by atoms with Crippen molar-refractivity contribution in [2.45, 2.75) is 57.9 Å². The Hall–Kier alpha value is -0.0800. The van der Waals surface area contributed by atoms with Crippen molar-refractivity contribution < 1.29 is 4.74 Å². The van der Waals surface area contributed by atoms with Crippen LogP contribution < -0.4 is 5.32 Å². The highest BCUT2D eigenvalue weighted by Gasteiger charge is 2.33. The number of methoxy groups -OCH3 is 1. The summed E-state index contributed by atoms with van der Waals surface area (Å²) in [6, 6.07) is 0. The summed E-state index contributed by atoms with van der Waals surface area (Å²) in [6.07, 6.45) is 7.92. The molecule has 2 heteroatoms. The number of rotatable bonds is 6. The molecule has 90 valence electrons. The Kier molecular flexibility index (Phi) is 5.62. The maximum absolute atomic E-state index is 5.10. The molecule has 1 rings (SSSR count). The van der Waals surface area contributed by atoms with Crippen molar-refractivity contribution in [3.8, 4) is 0 Å². The second-order valence-corrected chi connectivity index (χ2v) is 5.14. The number of nitrogens with one attached hydrogen (secondary N) is 1. The molecule has 1 heterocycles. The van der Waals surface area contributed by atoms with Crippen LogP contribution >= 0.6 is 0 Å². The van der Waals surface area contributed by atoms with Crippen LogP contribution in [0.4, 0.5) is 0 Å². The molecule has 0 radical (unpaired) electrons. The Labute approximate surface area is 94.8 Å². The van der Waals surface area contributed by atoms with E-state index < -0.39 is 0 Å². The summed E-state index contributed by atoms with van der Waals surface area (Å²) < 4.78 is 5.10. The van der Waals surface area contributed by atoms with Gasteiger partial charge in [-0.2, -0.15) is 0 Å². The zero-order valence-electron chi connectivity index (χ0n) is 10.6. The van der Waals surface area contributed by atoms with Gasteiger partial charge in [-0.3, -0.25) is 0 Å². The maximum atomic E-state index is 5.10. The van der Waals surface area contributed by atoms with Crippen LogP contribution in [0, 0.1) is 5.92 Å². The van der Waals surface area contributed by atoms with Crippen molar-refractivity contribution in [3.05, 3.63) is 0 Å². The third-order valence-electron chi connectivity index (χ3n) is 3.85. The van der Waals surface area contributed by atoms with Crippen molar-refractivity contribution in [1.29, 1.82) is 0 Å². The molecule has 0 aromatic heterocycles. The lowest BCUT2D eigenvalue weighted by Gasteiger charge is -2.42. The third kappa shape index (κ3) is 3.76. The highest BCUT2D eigenvalue weighted by atomic mass is 16.5. The van der Waals surface area contributed by atoms with Crippen molar-refractivity contribution in [2.24, 2.45) is 5.92 Å². The van der Waals surface area contributed by atoms with Crippen LogP contribution in [0.3, 0.4) is 0 Å². The van der Waals surface area contributed by atoms with E-state index in [0.717, 1.165) is 12.5 Å². The normalized spacial score (nSPS) is 27.2. The molecule has 1 fully saturated rings. The Morgan fingerprint density at radius 2 is 2.07 bits per heavy atom. The fourth-order valence-corrected chi connectivity index (χ4v) is 2.67. The minimum Gasteiger partial charge on any atom is -0.385 e. The molecule has 1 saturated heterocycles. The van der Waals surface area contributed by atoms with Crippen molar-refractivity contribution in [3.63, 3.8) is 0 Å². The van der Waals surface area contributed by atoms with Gasteiger partial charge in [0.15, 0.2) is 0 Å². The van der Waals surface area contributed by atoms with E-state index in [2.05, 4.69) is 19.2 Å². The largest absolute Gasteiger partial charge is 0.385 e. The molecular formula is C13H27NO. The summed E-state index contributed by atoms with van der Waals surface area (Å²) in [5.41, 5.74) is 0.423. The van der Waals surface area contributed by atoms with Crippen LogP contribution in [0.25, 0.3) is 0 Å². The minimum atomic E-state index is 0.423. The third-order valence-corrected chi connectivity index (χ3v) is 3.85. The Morgan fingerprint density at radius 1 is 1.27 bits per heavy atom. The first kappa shape index (κ1) is 13.0. The van der Waals surface area contributed by atoms with Gasteiger partial charge in [-0.1, -0.05) is 20.3 Å². The average molecular weight is 213 g/mol. The van der Waals surface area contributed by atoms with Crippen LogP contribution in [0.15, 0.2) is 0 Å². The SMILES string of the molecule is COCCCCC1(C(C)C)CCCCN1. The highest BCUT2D eigenvalue weighted by molar-refractivity contribution is 4.93. The molecule has 2 nitrogen and oxygen atoms in total. The summed E-state index contributed by atoms with van der Waals surface area (Å²) in [5.74, 6) is 0.750. The molecular weight excluding hydrogens is 186 g/mol. The molecule has 0 amide bonds. The average Bonchev–Trinajstić information content (AvgIpc) is 2.26. The lowest BCUT2D eigenvalue weighted by molar-refractivity contribution is 0.151. The van der Waals surface area contributed by atoms with Gasteiger partial charge < -0.3 is 10.1 Å². The standard InChI is InChI=1S/C13H27NO/c1-12(2)13(8-4-6-10-14-13)9-5-7-11-15-3/h12,14H,4-11H2,1-3H3. The van der Waals surface area contributed by atoms with Gasteiger partial charge in [0.2, 0.25) is 0 Å². The molecule has 1 aliphatic heterocycles. The molecule has 1 atom stereocenters. The van der Waals surface area contributed by atoms with Gasteiger partial charge in [0.1, 0.15) is 0 Å². The van der Waals surface area contributed by atoms with Gasteiger partial charge in [0.25, 0.3) is 0 Å². The van der Waals surface area contributed by atoms with E-state index in [1.807, 2.05) is 0 Å². The predicted molar refractivity (Wildman–Crippen MR) is 65.1 cm³/mol. The van der Waals surface area contributed by atoms with Gasteiger partial charge in [0, 0.05) is 19.3 Å². The van der Waals surface area contributed by atoms with Gasteiger partial charge in [-0.05, 0) is 44.6 Å². The summed E-state index contributed by atoms with van der Waals surface area (Å²) >= 11 is 0. The van der Waals surface area contributed by atoms with E-state index in [1.165, 1.54) is 45.1 Å². The summed E-state index contributed by atoms with van der Waals surface area (Å²) in [5, 5.41) is 3.77. The first-order valence-corrected chi connectivity index (χ1v) is 6.45. The fraction of sp³-hybridized carbons (Fsp3) is 1.00. The van der Waals surface area contributed by atoms with E-state index >= 15 is 0 Å². The van der Waals surface area contributed by atoms with Crippen LogP contribution in [-0.4, -0.2) is 25.8 Å². The number of ether oxygens (including phenoxy) is 1. The highest BCUT2D eigenvalue weighted by Crippen LogP contribution is 2.31. The van der Waals surface area contributed by atoms with Gasteiger partial charge >= 0.3 is 0 Å². The minimum absolute atomic E-state index is 0.423. The molecule has 1 aliphatic rings. The quantitative estimate of drug-likeness (QED) is 0.685. The number of piperidine rings is 1. The summed E-state index contributed by atoms with van der Waals surface area (Å²) in [4.78, 5) is 0. The van der Waals surface area contributed by atoms with Crippen LogP contribution in [-0.2, 0) is 4.74 Å². The van der Waals surface area contributed by atoms with E-state index in [4.69, 9.17) is 4.74 Å². The molecule has 1 unspecified atom stereocenters. The first-order chi connectivity index (χ1) is 7.21. The molecule has 0 bridgehead atoms. The van der Waals surface area contributed by atoms with Crippen LogP contribution in [0.2, 0.25) is 0 Å². The second kappa shape index (κ2) is 6.49. The zero-order chi connectivity index (χ0) is 11.1. The Morgan fingerprint density at radius 3 is 2.60 bits per heavy atom. The van der Waals surface area contributed by atoms with Gasteiger partial charge in [-0.25, -0.2) is 0 Å². The van der Waals surface area contributed by atoms with E-state index in [1.54, 1.807) is 7.11 Å². The van der Waals surface area contributed by atoms with E-state index in [-0.39, 0.29) is 0 Å². The number of hydrogen-bond donors (Lipinski definition) is 1. The lowest BCUT2D eigenvalue weighted by Crippen LogP contribution is -2.52. The molecule has 0 aromatic carbocycles. The monoisotopic (exact) mass is 213 g/mol. The first-order valence-electron chi connectivity index (χ1n) is 6.45. The smallest absolute Gasteiger partial charge is 0.0462 e. The fourth-order valence-electron chi connectivity index (χ4n) is 2.67. The second-order valence-electron chi connectivity index (χ2n) is 5.14. The summed E-state index contributed by atoms with van der Waals surface area (Å²) in [6.45, 7) is 6.83. The molecule has 1 N–H and O–H groups in total. The van der Waals surface area contributed by atoms with Crippen molar-refractivity contribution >= 4 is 0 Å². The van der Waals surface area contributed by atoms with E-state index in [9.17, 15) is 0 Å². The molecule has 0 aromatic rings. The summed E-state index contributed by atoms with van der Waals surface area (Å²) in [7, 11) is 1.79. The zero-order valence-corrected chi connectivity index (χ0v) is 10.6. The lowest BCUT2D eigenvalue weighted by atomic mass is 9.76. The number of hydrogen-bond acceptors (Lipinski definition) is 2. The van der Waals surface area contributed by atoms with Gasteiger partial charge in [0.05, 0.1) is 0 Å². The molecule has 15 heavy (non-hydrogen) atoms. The van der Waals surface area contributed by atoms with Crippen molar-refractivity contribution in [1.82, 2.24) is 5.32 Å². The topological polar surface area (TPSA) is 21.3 Å². The van der Waals surface area contributed by atoms with Crippen LogP contribution in [0.1, 0.15) is 52.4 Å². The molecule has 0 spiro atoms. The van der Waals surface area contributed by atoms with Crippen LogP contribution in [0.5, 0.6) is 0 Å². The Balaban J connectivity index is 2.35. The van der Waals surface area contributed by atoms with Gasteiger partial charge in [-0.15, -0.1) is 0 Å². The predicted octanol–water partition coefficient (Wildman–Crippen LogP) is 2.97. The Bertz CT molecular complexity index is 162. The van der Waals surface area contributed by atoms with Crippen molar-refractivity contribution in [2.75, 3.05) is 20.3 Å². The molecule has 0 aliphatic carbocycles. The molecule has 0 saturated carbocycles. The maximum Gasteiger partial charge on any atom is 0.0462 e. The van der Waals surface area contributed by atoms with E-state index in [0.29, 0.717) is 5.54 Å². The number of unbranched alkanes of at least 4 members (excludes halogenated alkanes) is 1.